The summed E-state index contributed by atoms with van der Waals surface area (Å²) in [7, 11) is 0. The smallest absolute Gasteiger partial charge is 0.420 e. The van der Waals surface area contributed by atoms with Gasteiger partial charge in [-0.15, -0.1) is 0 Å². The molecule has 5 heteroatoms. The quantitative estimate of drug-likeness (QED) is 0.666. The number of rotatable bonds is 0. The molecule has 0 aliphatic carbocycles. The van der Waals surface area contributed by atoms with E-state index in [1.807, 2.05) is 0 Å². The molecular weight excluding hydrogens is 230 g/mol. The van der Waals surface area contributed by atoms with Gasteiger partial charge < -0.3 is 4.74 Å². The Morgan fingerprint density at radius 2 is 2.22 bits per heavy atom. The predicted octanol–water partition coefficient (Wildman–Crippen LogP) is 3.37. The maximum Gasteiger partial charge on any atom is 0.420 e. The number of carbonyl (C=O) groups is 1. The summed E-state index contributed by atoms with van der Waals surface area (Å²) < 4.78 is 6.61. The number of hydrogen-bond acceptors (Lipinski definition) is 3. The van der Waals surface area contributed by atoms with Crippen LogP contribution in [-0.4, -0.2) is 21.2 Å². The van der Waals surface area contributed by atoms with Crippen LogP contribution in [0.1, 0.15) is 20.8 Å². The molecule has 2 rings (SSSR count). The largest absolute Gasteiger partial charge is 0.443 e. The van der Waals surface area contributed by atoms with Crippen molar-refractivity contribution >= 4 is 22.8 Å². The minimum absolute atomic E-state index is 0.449. The highest BCUT2D eigenvalue weighted by Crippen LogP contribution is 2.20. The van der Waals surface area contributed by atoms with Gasteiger partial charge in [0.15, 0.2) is 0 Å². The molecule has 2 aromatic rings. The van der Waals surface area contributed by atoms with E-state index in [0.717, 1.165) is 5.39 Å². The summed E-state index contributed by atoms with van der Waals surface area (Å²) in [5.41, 5.74) is 0.394. The molecule has 0 unspecified atom stereocenters. The summed E-state index contributed by atoms with van der Waals surface area (Å²) in [5.74, 6) is 0. The van der Waals surface area contributed by atoms with E-state index in [1.54, 1.807) is 39.1 Å². The Morgan fingerprint density at radius 3 is 2.83 bits per heavy atom. The Morgan fingerprint density at radius 1 is 1.50 bits per heavy atom. The summed E-state index contributed by atoms with van der Waals surface area (Å²) >= 11 is 0. The van der Waals surface area contributed by atoms with Crippen molar-refractivity contribution in [2.24, 2.45) is 0 Å². The molecule has 2 heterocycles. The fourth-order valence-corrected chi connectivity index (χ4v) is 1.53. The molecule has 0 radical (unpaired) electrons. The van der Waals surface area contributed by atoms with E-state index >= 15 is 0 Å². The number of pyridine rings is 1. The first kappa shape index (κ1) is 12.1. The second-order valence-electron chi connectivity index (χ2n) is 4.88. The van der Waals surface area contributed by atoms with Crippen LogP contribution in [0.4, 0.5) is 10.5 Å². The molecule has 0 atom stereocenters. The van der Waals surface area contributed by atoms with E-state index in [9.17, 15) is 4.79 Å². The van der Waals surface area contributed by atoms with Gasteiger partial charge in [0.2, 0.25) is 5.69 Å². The topological polar surface area (TPSA) is 48.5 Å². The van der Waals surface area contributed by atoms with Crippen LogP contribution in [0.15, 0.2) is 24.5 Å². The minimum atomic E-state index is -0.551. The molecule has 0 aliphatic heterocycles. The first-order valence-corrected chi connectivity index (χ1v) is 5.48. The van der Waals surface area contributed by atoms with Crippen molar-refractivity contribution in [1.82, 2.24) is 9.55 Å². The maximum atomic E-state index is 11.9. The van der Waals surface area contributed by atoms with Gasteiger partial charge in [-0.25, -0.2) is 19.2 Å². The van der Waals surface area contributed by atoms with Gasteiger partial charge in [0.1, 0.15) is 11.2 Å². The van der Waals surface area contributed by atoms with Crippen LogP contribution in [-0.2, 0) is 4.74 Å². The molecule has 0 N–H and O–H groups in total. The van der Waals surface area contributed by atoms with Crippen molar-refractivity contribution in [3.05, 3.63) is 35.9 Å². The van der Waals surface area contributed by atoms with Crippen molar-refractivity contribution in [3.63, 3.8) is 0 Å². The zero-order valence-electron chi connectivity index (χ0n) is 10.5. The molecule has 2 aromatic heterocycles. The summed E-state index contributed by atoms with van der Waals surface area (Å²) in [6, 6.07) is 3.43. The number of ether oxygens (including phenoxy) is 1. The van der Waals surface area contributed by atoms with E-state index in [1.165, 1.54) is 10.8 Å². The molecule has 0 saturated heterocycles. The van der Waals surface area contributed by atoms with Gasteiger partial charge in [-0.3, -0.25) is 0 Å². The number of fused-ring (bicyclic) bond motifs is 1. The SMILES string of the molecule is [C-]#[N+]c1cnc2c(ccn2C(=O)OC(C)(C)C)c1. The normalized spacial score (nSPS) is 11.2. The molecule has 0 aliphatic rings. The van der Waals surface area contributed by atoms with Crippen LogP contribution in [0.25, 0.3) is 15.9 Å². The molecule has 18 heavy (non-hydrogen) atoms. The summed E-state index contributed by atoms with van der Waals surface area (Å²) in [4.78, 5) is 19.3. The highest BCUT2D eigenvalue weighted by atomic mass is 16.6. The molecule has 0 amide bonds. The molecule has 0 spiro atoms. The van der Waals surface area contributed by atoms with E-state index in [2.05, 4.69) is 9.83 Å². The fraction of sp³-hybridized carbons (Fsp3) is 0.308. The lowest BCUT2D eigenvalue weighted by molar-refractivity contribution is 0.0543. The first-order valence-electron chi connectivity index (χ1n) is 5.48. The minimum Gasteiger partial charge on any atom is -0.443 e. The predicted molar refractivity (Wildman–Crippen MR) is 67.6 cm³/mol. The van der Waals surface area contributed by atoms with Crippen molar-refractivity contribution < 1.29 is 9.53 Å². The van der Waals surface area contributed by atoms with Crippen LogP contribution < -0.4 is 0 Å². The van der Waals surface area contributed by atoms with Crippen LogP contribution in [0.2, 0.25) is 0 Å². The van der Waals surface area contributed by atoms with Gasteiger partial charge in [0.05, 0.1) is 6.57 Å². The fourth-order valence-electron chi connectivity index (χ4n) is 1.53. The number of hydrogen-bond donors (Lipinski definition) is 0. The van der Waals surface area contributed by atoms with Gasteiger partial charge in [-0.1, -0.05) is 0 Å². The van der Waals surface area contributed by atoms with Gasteiger partial charge in [0.25, 0.3) is 0 Å². The lowest BCUT2D eigenvalue weighted by Crippen LogP contribution is -2.26. The van der Waals surface area contributed by atoms with Crippen molar-refractivity contribution in [3.8, 4) is 0 Å². The molecule has 0 saturated carbocycles. The van der Waals surface area contributed by atoms with Crippen molar-refractivity contribution in [2.45, 2.75) is 26.4 Å². The number of carbonyl (C=O) groups excluding carboxylic acids is 1. The molecular formula is C13H13N3O2. The Hall–Kier alpha value is -2.35. The third kappa shape index (κ3) is 2.33. The summed E-state index contributed by atoms with van der Waals surface area (Å²) in [6.07, 6.45) is 2.57. The lowest BCUT2D eigenvalue weighted by Gasteiger charge is -2.19. The zero-order chi connectivity index (χ0) is 13.3. The van der Waals surface area contributed by atoms with Crippen molar-refractivity contribution in [1.29, 1.82) is 0 Å². The Labute approximate surface area is 105 Å². The zero-order valence-corrected chi connectivity index (χ0v) is 10.5. The number of aromatic nitrogens is 2. The Kier molecular flexibility index (Phi) is 2.79. The highest BCUT2D eigenvalue weighted by Gasteiger charge is 2.19. The highest BCUT2D eigenvalue weighted by molar-refractivity contribution is 5.88. The second kappa shape index (κ2) is 4.15. The van der Waals surface area contributed by atoms with E-state index in [0.29, 0.717) is 11.3 Å². The van der Waals surface area contributed by atoms with E-state index in [4.69, 9.17) is 11.3 Å². The average Bonchev–Trinajstić information content (AvgIpc) is 2.69. The standard InChI is InChI=1S/C13H13N3O2/c1-13(2,3)18-12(17)16-6-5-9-7-10(14-4)8-15-11(9)16/h5-8H,1-3H3. The second-order valence-corrected chi connectivity index (χ2v) is 4.88. The van der Waals surface area contributed by atoms with E-state index < -0.39 is 11.7 Å². The third-order valence-corrected chi connectivity index (χ3v) is 2.23. The van der Waals surface area contributed by atoms with E-state index in [-0.39, 0.29) is 0 Å². The lowest BCUT2D eigenvalue weighted by atomic mass is 10.2. The molecule has 0 bridgehead atoms. The Balaban J connectivity index is 2.42. The van der Waals surface area contributed by atoms with Crippen molar-refractivity contribution in [2.75, 3.05) is 0 Å². The van der Waals surface area contributed by atoms with Crippen LogP contribution >= 0.6 is 0 Å². The maximum absolute atomic E-state index is 11.9. The third-order valence-electron chi connectivity index (χ3n) is 2.23. The van der Waals surface area contributed by atoms with Crippen LogP contribution in [0, 0.1) is 6.57 Å². The molecule has 0 aromatic carbocycles. The first-order chi connectivity index (χ1) is 8.40. The summed E-state index contributed by atoms with van der Waals surface area (Å²) in [6.45, 7) is 12.3. The van der Waals surface area contributed by atoms with Gasteiger partial charge in [0, 0.05) is 17.8 Å². The van der Waals surface area contributed by atoms with Crippen LogP contribution in [0.3, 0.4) is 0 Å². The van der Waals surface area contributed by atoms with Gasteiger partial charge in [-0.2, -0.15) is 0 Å². The average molecular weight is 243 g/mol. The monoisotopic (exact) mass is 243 g/mol. The van der Waals surface area contributed by atoms with Gasteiger partial charge >= 0.3 is 6.09 Å². The van der Waals surface area contributed by atoms with Crippen LogP contribution in [0.5, 0.6) is 0 Å². The number of nitrogens with zero attached hydrogens (tertiary/aromatic N) is 3. The summed E-state index contributed by atoms with van der Waals surface area (Å²) in [5, 5.41) is 0.745. The Bertz CT molecular complexity index is 644. The molecule has 92 valence electrons. The molecule has 0 fully saturated rings. The van der Waals surface area contributed by atoms with Gasteiger partial charge in [-0.05, 0) is 32.9 Å². The molecule has 5 nitrogen and oxygen atoms in total.